The van der Waals surface area contributed by atoms with E-state index in [-0.39, 0.29) is 11.3 Å². The maximum absolute atomic E-state index is 12.7. The van der Waals surface area contributed by atoms with Crippen LogP contribution in [-0.2, 0) is 0 Å². The number of hydrogen-bond acceptors (Lipinski definition) is 5. The number of nitrogens with zero attached hydrogens (tertiary/aromatic N) is 3. The summed E-state index contributed by atoms with van der Waals surface area (Å²) in [4.78, 5) is 18.6. The molecule has 1 aliphatic rings. The summed E-state index contributed by atoms with van der Waals surface area (Å²) in [5.74, 6) is 0.947. The summed E-state index contributed by atoms with van der Waals surface area (Å²) in [6.07, 6.45) is 5.39. The molecule has 1 saturated carbocycles. The molecule has 3 aromatic heterocycles. The minimum absolute atomic E-state index is 0.0273. The second-order valence-corrected chi connectivity index (χ2v) is 7.36. The van der Waals surface area contributed by atoms with Crippen LogP contribution in [-0.4, -0.2) is 32.8 Å². The van der Waals surface area contributed by atoms with Crippen LogP contribution in [0.2, 0.25) is 0 Å². The molecular formula is C22H18F2N4O3. The summed E-state index contributed by atoms with van der Waals surface area (Å²) in [5, 5.41) is 4.61. The molecular weight excluding hydrogens is 406 g/mol. The fourth-order valence-corrected chi connectivity index (χ4v) is 3.35. The first-order valence-corrected chi connectivity index (χ1v) is 9.83. The molecule has 1 fully saturated rings. The minimum Gasteiger partial charge on any atom is -0.492 e. The molecule has 0 amide bonds. The van der Waals surface area contributed by atoms with Crippen LogP contribution in [0.4, 0.5) is 8.78 Å². The van der Waals surface area contributed by atoms with Gasteiger partial charge in [0.25, 0.3) is 0 Å². The molecule has 0 atom stereocenters. The van der Waals surface area contributed by atoms with E-state index in [1.807, 2.05) is 0 Å². The quantitative estimate of drug-likeness (QED) is 0.482. The van der Waals surface area contributed by atoms with E-state index in [2.05, 4.69) is 19.8 Å². The average Bonchev–Trinajstić information content (AvgIpc) is 3.47. The van der Waals surface area contributed by atoms with Crippen LogP contribution in [0, 0.1) is 5.92 Å². The highest BCUT2D eigenvalue weighted by molar-refractivity contribution is 5.72. The van der Waals surface area contributed by atoms with Crippen molar-refractivity contribution in [3.05, 3.63) is 65.2 Å². The zero-order chi connectivity index (χ0) is 21.4. The summed E-state index contributed by atoms with van der Waals surface area (Å²) in [6, 6.07) is 11.4. The SMILES string of the molecule is O=c1cc(-c2cc3nccc(-c4ccc(OC(F)F)cc4OCC4CC4)n3n2)cc[nH]1. The van der Waals surface area contributed by atoms with Gasteiger partial charge >= 0.3 is 6.61 Å². The molecule has 9 heteroatoms. The molecule has 3 heterocycles. The van der Waals surface area contributed by atoms with Gasteiger partial charge in [0, 0.05) is 41.7 Å². The van der Waals surface area contributed by atoms with Gasteiger partial charge in [-0.25, -0.2) is 9.50 Å². The van der Waals surface area contributed by atoms with Gasteiger partial charge in [-0.1, -0.05) is 0 Å². The van der Waals surface area contributed by atoms with Crippen molar-refractivity contribution in [2.24, 2.45) is 5.92 Å². The smallest absolute Gasteiger partial charge is 0.387 e. The lowest BCUT2D eigenvalue weighted by Crippen LogP contribution is -2.05. The third-order valence-electron chi connectivity index (χ3n) is 5.05. The Kier molecular flexibility index (Phi) is 4.85. The largest absolute Gasteiger partial charge is 0.492 e. The number of aromatic nitrogens is 4. The van der Waals surface area contributed by atoms with Crippen LogP contribution in [0.5, 0.6) is 11.5 Å². The van der Waals surface area contributed by atoms with Gasteiger partial charge in [-0.2, -0.15) is 13.9 Å². The summed E-state index contributed by atoms with van der Waals surface area (Å²) >= 11 is 0. The van der Waals surface area contributed by atoms with E-state index in [0.29, 0.717) is 46.4 Å². The highest BCUT2D eigenvalue weighted by atomic mass is 19.3. The molecule has 0 spiro atoms. The van der Waals surface area contributed by atoms with Crippen molar-refractivity contribution in [3.8, 4) is 34.0 Å². The predicted molar refractivity (Wildman–Crippen MR) is 109 cm³/mol. The molecule has 0 unspecified atom stereocenters. The van der Waals surface area contributed by atoms with Gasteiger partial charge in [0.05, 0.1) is 18.0 Å². The molecule has 0 bridgehead atoms. The number of pyridine rings is 1. The summed E-state index contributed by atoms with van der Waals surface area (Å²) in [5.41, 5.74) is 2.95. The normalized spacial score (nSPS) is 13.6. The lowest BCUT2D eigenvalue weighted by Gasteiger charge is -2.14. The zero-order valence-electron chi connectivity index (χ0n) is 16.3. The number of H-pyrrole nitrogens is 1. The van der Waals surface area contributed by atoms with Gasteiger partial charge in [0.2, 0.25) is 5.56 Å². The first-order chi connectivity index (χ1) is 15.1. The molecule has 1 aliphatic carbocycles. The highest BCUT2D eigenvalue weighted by Gasteiger charge is 2.23. The average molecular weight is 424 g/mol. The number of benzene rings is 1. The third-order valence-corrected chi connectivity index (χ3v) is 5.05. The number of halogens is 2. The number of nitrogens with one attached hydrogen (secondary N) is 1. The number of hydrogen-bond donors (Lipinski definition) is 1. The van der Waals surface area contributed by atoms with Crippen LogP contribution in [0.15, 0.2) is 59.7 Å². The fourth-order valence-electron chi connectivity index (χ4n) is 3.35. The Balaban J connectivity index is 1.59. The van der Waals surface area contributed by atoms with Crippen molar-refractivity contribution in [3.63, 3.8) is 0 Å². The maximum atomic E-state index is 12.7. The van der Waals surface area contributed by atoms with Crippen molar-refractivity contribution >= 4 is 5.65 Å². The molecule has 7 nitrogen and oxygen atoms in total. The van der Waals surface area contributed by atoms with Gasteiger partial charge in [0.1, 0.15) is 11.5 Å². The topological polar surface area (TPSA) is 81.5 Å². The van der Waals surface area contributed by atoms with Gasteiger partial charge in [-0.3, -0.25) is 4.79 Å². The van der Waals surface area contributed by atoms with E-state index in [0.717, 1.165) is 12.8 Å². The molecule has 0 radical (unpaired) electrons. The van der Waals surface area contributed by atoms with Crippen molar-refractivity contribution in [2.75, 3.05) is 6.61 Å². The van der Waals surface area contributed by atoms with Crippen LogP contribution in [0.25, 0.3) is 28.2 Å². The zero-order valence-corrected chi connectivity index (χ0v) is 16.3. The lowest BCUT2D eigenvalue weighted by molar-refractivity contribution is -0.0499. The number of rotatable bonds is 7. The number of fused-ring (bicyclic) bond motifs is 1. The lowest BCUT2D eigenvalue weighted by atomic mass is 10.1. The van der Waals surface area contributed by atoms with E-state index in [4.69, 9.17) is 4.74 Å². The second kappa shape index (κ2) is 7.82. The van der Waals surface area contributed by atoms with Crippen LogP contribution < -0.4 is 15.0 Å². The first-order valence-electron chi connectivity index (χ1n) is 9.83. The van der Waals surface area contributed by atoms with Gasteiger partial charge in [0.15, 0.2) is 5.65 Å². The van der Waals surface area contributed by atoms with Crippen LogP contribution >= 0.6 is 0 Å². The van der Waals surface area contributed by atoms with Crippen LogP contribution in [0.3, 0.4) is 0 Å². The Morgan fingerprint density at radius 1 is 1.16 bits per heavy atom. The van der Waals surface area contributed by atoms with E-state index >= 15 is 0 Å². The van der Waals surface area contributed by atoms with Crippen molar-refractivity contribution in [2.45, 2.75) is 19.5 Å². The first kappa shape index (κ1) is 19.2. The molecule has 0 aliphatic heterocycles. The highest BCUT2D eigenvalue weighted by Crippen LogP contribution is 2.37. The van der Waals surface area contributed by atoms with Crippen molar-refractivity contribution in [1.29, 1.82) is 0 Å². The molecule has 4 aromatic rings. The maximum Gasteiger partial charge on any atom is 0.387 e. The Morgan fingerprint density at radius 3 is 2.81 bits per heavy atom. The Hall–Kier alpha value is -3.75. The molecule has 0 saturated heterocycles. The molecule has 5 rings (SSSR count). The number of alkyl halides is 2. The van der Waals surface area contributed by atoms with Gasteiger partial charge < -0.3 is 14.5 Å². The van der Waals surface area contributed by atoms with E-state index in [9.17, 15) is 13.6 Å². The van der Waals surface area contributed by atoms with Crippen molar-refractivity contribution in [1.82, 2.24) is 19.6 Å². The number of ether oxygens (including phenoxy) is 2. The van der Waals surface area contributed by atoms with Gasteiger partial charge in [-0.05, 0) is 43.0 Å². The standard InChI is InChI=1S/C22H18F2N4O3/c23-22(24)31-15-3-4-16(19(10-15)30-12-13-1-2-13)18-6-8-25-20-11-17(27-28(18)20)14-5-7-26-21(29)9-14/h3-11,13,22H,1-2,12H2,(H,26,29). The molecule has 158 valence electrons. The fraction of sp³-hybridized carbons (Fsp3) is 0.227. The monoisotopic (exact) mass is 424 g/mol. The van der Waals surface area contributed by atoms with E-state index < -0.39 is 6.61 Å². The second-order valence-electron chi connectivity index (χ2n) is 7.36. The van der Waals surface area contributed by atoms with E-state index in [1.54, 1.807) is 41.2 Å². The molecule has 31 heavy (non-hydrogen) atoms. The molecule has 1 N–H and O–H groups in total. The third kappa shape index (κ3) is 4.11. The minimum atomic E-state index is -2.92. The van der Waals surface area contributed by atoms with E-state index in [1.165, 1.54) is 18.2 Å². The Morgan fingerprint density at radius 2 is 2.03 bits per heavy atom. The summed E-state index contributed by atoms with van der Waals surface area (Å²) in [6.45, 7) is -2.41. The Labute approximate surface area is 175 Å². The van der Waals surface area contributed by atoms with Crippen LogP contribution in [0.1, 0.15) is 12.8 Å². The number of aromatic amines is 1. The molecule has 1 aromatic carbocycles. The summed E-state index contributed by atoms with van der Waals surface area (Å²) < 4.78 is 37.5. The Bertz CT molecular complexity index is 1300. The van der Waals surface area contributed by atoms with Crippen molar-refractivity contribution < 1.29 is 18.3 Å². The predicted octanol–water partition coefficient (Wildman–Crippen LogP) is 4.14. The summed E-state index contributed by atoms with van der Waals surface area (Å²) in [7, 11) is 0. The van der Waals surface area contributed by atoms with Gasteiger partial charge in [-0.15, -0.1) is 0 Å².